The van der Waals surface area contributed by atoms with Crippen LogP contribution in [0.5, 0.6) is 0 Å². The number of nitrogens with zero attached hydrogens (tertiary/aromatic N) is 4. The summed E-state index contributed by atoms with van der Waals surface area (Å²) in [5.41, 5.74) is 0.440. The molecule has 0 aliphatic carbocycles. The number of nitrogens with one attached hydrogen (secondary N) is 2. The number of likely N-dealkylation sites (tertiary alicyclic amines) is 1. The minimum absolute atomic E-state index is 0.0506. The number of halogens is 3. The maximum Gasteiger partial charge on any atom is 0.273 e. The van der Waals surface area contributed by atoms with Gasteiger partial charge >= 0.3 is 0 Å². The number of anilines is 1. The van der Waals surface area contributed by atoms with E-state index < -0.39 is 30.0 Å². The van der Waals surface area contributed by atoms with E-state index in [1.165, 1.54) is 29.4 Å². The van der Waals surface area contributed by atoms with E-state index in [4.69, 9.17) is 16.3 Å². The first-order valence-corrected chi connectivity index (χ1v) is 10.9. The lowest BCUT2D eigenvalue weighted by molar-refractivity contribution is -0.0135. The molecule has 33 heavy (non-hydrogen) atoms. The van der Waals surface area contributed by atoms with Crippen molar-refractivity contribution in [2.45, 2.75) is 37.2 Å². The average Bonchev–Trinajstić information content (AvgIpc) is 3.41. The number of ether oxygens (including phenoxy) is 1. The van der Waals surface area contributed by atoms with Gasteiger partial charge in [-0.1, -0.05) is 11.6 Å². The Bertz CT molecular complexity index is 1190. The number of alkyl halides is 1. The van der Waals surface area contributed by atoms with Gasteiger partial charge in [0.1, 0.15) is 29.8 Å². The van der Waals surface area contributed by atoms with Crippen LogP contribution in [0.4, 0.5) is 14.6 Å². The molecule has 0 saturated carbocycles. The Labute approximate surface area is 192 Å². The predicted molar refractivity (Wildman–Crippen MR) is 115 cm³/mol. The number of carbonyl (C=O) groups excluding carboxylic acids is 1. The summed E-state index contributed by atoms with van der Waals surface area (Å²) in [6.07, 6.45) is -0.290. The van der Waals surface area contributed by atoms with Gasteiger partial charge in [-0.05, 0) is 24.6 Å². The minimum atomic E-state index is -1.32. The summed E-state index contributed by atoms with van der Waals surface area (Å²) in [7, 11) is 0. The Morgan fingerprint density at radius 3 is 3.03 bits per heavy atom. The maximum absolute atomic E-state index is 14.5. The summed E-state index contributed by atoms with van der Waals surface area (Å²) in [6.45, 7) is 0.450. The molecule has 3 N–H and O–H groups in total. The predicted octanol–water partition coefficient (Wildman–Crippen LogP) is 2.63. The highest BCUT2D eigenvalue weighted by Gasteiger charge is 2.39. The molecule has 174 valence electrons. The van der Waals surface area contributed by atoms with Crippen LogP contribution in [0.15, 0.2) is 24.5 Å². The highest BCUT2D eigenvalue weighted by atomic mass is 35.5. The molecule has 3 aromatic rings. The van der Waals surface area contributed by atoms with Crippen molar-refractivity contribution in [2.75, 3.05) is 25.1 Å². The van der Waals surface area contributed by atoms with Crippen molar-refractivity contribution in [1.82, 2.24) is 25.1 Å². The Kier molecular flexibility index (Phi) is 5.85. The number of aromatic nitrogens is 4. The molecule has 5 rings (SSSR count). The fraction of sp³-hybridized carbons (Fsp3) is 0.429. The van der Waals surface area contributed by atoms with Crippen LogP contribution in [0.1, 0.15) is 34.9 Å². The van der Waals surface area contributed by atoms with Gasteiger partial charge in [0, 0.05) is 23.6 Å². The van der Waals surface area contributed by atoms with Crippen LogP contribution in [0.2, 0.25) is 5.02 Å². The van der Waals surface area contributed by atoms with Crippen molar-refractivity contribution in [1.29, 1.82) is 0 Å². The van der Waals surface area contributed by atoms with E-state index >= 15 is 0 Å². The lowest BCUT2D eigenvalue weighted by atomic mass is 10.0. The van der Waals surface area contributed by atoms with Crippen LogP contribution in [-0.2, 0) is 4.74 Å². The normalized spacial score (nSPS) is 25.5. The number of aliphatic hydroxyl groups excluding tert-OH is 1. The number of fused-ring (bicyclic) bond motifs is 1. The number of carbonyl (C=O) groups is 1. The van der Waals surface area contributed by atoms with Crippen molar-refractivity contribution in [2.24, 2.45) is 0 Å². The van der Waals surface area contributed by atoms with Gasteiger partial charge < -0.3 is 20.1 Å². The van der Waals surface area contributed by atoms with Gasteiger partial charge in [0.2, 0.25) is 0 Å². The molecule has 0 radical (unpaired) electrons. The van der Waals surface area contributed by atoms with E-state index in [-0.39, 0.29) is 42.5 Å². The molecule has 1 aromatic carbocycles. The number of rotatable bonds is 4. The number of H-pyrrole nitrogens is 1. The first-order valence-electron chi connectivity index (χ1n) is 10.5. The molecule has 2 aliphatic heterocycles. The van der Waals surface area contributed by atoms with Crippen molar-refractivity contribution < 1.29 is 23.4 Å². The second-order valence-corrected chi connectivity index (χ2v) is 8.61. The monoisotopic (exact) mass is 478 g/mol. The molecule has 2 aliphatic rings. The molecule has 0 bridgehead atoms. The fourth-order valence-corrected chi connectivity index (χ4v) is 4.59. The third kappa shape index (κ3) is 4.11. The first-order chi connectivity index (χ1) is 15.9. The molecule has 0 spiro atoms. The average molecular weight is 479 g/mol. The lowest BCUT2D eigenvalue weighted by Gasteiger charge is -2.29. The van der Waals surface area contributed by atoms with Crippen LogP contribution in [0.25, 0.3) is 11.0 Å². The zero-order valence-corrected chi connectivity index (χ0v) is 18.1. The molecular formula is C21H21ClF2N6O3. The second-order valence-electron chi connectivity index (χ2n) is 8.17. The molecular weight excluding hydrogens is 458 g/mol. The van der Waals surface area contributed by atoms with Crippen molar-refractivity contribution in [3.05, 3.63) is 46.6 Å². The molecule has 2 saturated heterocycles. The van der Waals surface area contributed by atoms with Crippen LogP contribution in [-0.4, -0.2) is 74.2 Å². The molecule has 12 heteroatoms. The fourth-order valence-electron chi connectivity index (χ4n) is 4.40. The minimum Gasteiger partial charge on any atom is -0.389 e. The molecule has 1 amide bonds. The van der Waals surface area contributed by atoms with Crippen LogP contribution < -0.4 is 5.32 Å². The second kappa shape index (κ2) is 8.81. The largest absolute Gasteiger partial charge is 0.389 e. The van der Waals surface area contributed by atoms with Crippen LogP contribution >= 0.6 is 11.6 Å². The van der Waals surface area contributed by atoms with Gasteiger partial charge in [0.05, 0.1) is 36.7 Å². The first kappa shape index (κ1) is 21.9. The summed E-state index contributed by atoms with van der Waals surface area (Å²) < 4.78 is 34.2. The number of aliphatic hydroxyl groups is 1. The van der Waals surface area contributed by atoms with Gasteiger partial charge in [0.15, 0.2) is 5.65 Å². The highest BCUT2D eigenvalue weighted by molar-refractivity contribution is 6.30. The van der Waals surface area contributed by atoms with Gasteiger partial charge in [0.25, 0.3) is 5.91 Å². The number of benzene rings is 1. The van der Waals surface area contributed by atoms with Crippen molar-refractivity contribution in [3.63, 3.8) is 0 Å². The van der Waals surface area contributed by atoms with Crippen LogP contribution in [0, 0.1) is 5.82 Å². The molecule has 0 unspecified atom stereocenters. The zero-order chi connectivity index (χ0) is 23.1. The molecule has 4 atom stereocenters. The molecule has 2 fully saturated rings. The molecule has 4 heterocycles. The molecule has 9 nitrogen and oxygen atoms in total. The van der Waals surface area contributed by atoms with Crippen molar-refractivity contribution >= 4 is 34.4 Å². The number of hydrogen-bond donors (Lipinski definition) is 3. The Morgan fingerprint density at radius 2 is 2.21 bits per heavy atom. The van der Waals surface area contributed by atoms with E-state index in [1.807, 2.05) is 0 Å². The number of hydrogen-bond acceptors (Lipinski definition) is 7. The van der Waals surface area contributed by atoms with Crippen LogP contribution in [0.3, 0.4) is 0 Å². The number of amides is 1. The number of aromatic amines is 1. The quantitative estimate of drug-likeness (QED) is 0.528. The van der Waals surface area contributed by atoms with E-state index in [2.05, 4.69) is 25.5 Å². The SMILES string of the molecule is O=C(c1[nH]nc2ncnc(N[C@@H]3CCOC[C@H]3O)c12)N1C[C@@H](F)C[C@@H]1c1cc(Cl)ccc1F. The van der Waals surface area contributed by atoms with Gasteiger partial charge in [-0.15, -0.1) is 0 Å². The van der Waals surface area contributed by atoms with E-state index in [9.17, 15) is 18.7 Å². The lowest BCUT2D eigenvalue weighted by Crippen LogP contribution is -2.42. The van der Waals surface area contributed by atoms with Gasteiger partial charge in [-0.2, -0.15) is 5.10 Å². The summed E-state index contributed by atoms with van der Waals surface area (Å²) in [6, 6.07) is 2.84. The maximum atomic E-state index is 14.5. The smallest absolute Gasteiger partial charge is 0.273 e. The topological polar surface area (TPSA) is 116 Å². The van der Waals surface area contributed by atoms with Gasteiger partial charge in [-0.3, -0.25) is 9.89 Å². The van der Waals surface area contributed by atoms with Gasteiger partial charge in [-0.25, -0.2) is 18.7 Å². The highest BCUT2D eigenvalue weighted by Crippen LogP contribution is 2.38. The summed E-state index contributed by atoms with van der Waals surface area (Å²) in [5.74, 6) is -0.818. The standard InChI is InChI=1S/C21H21ClF2N6O3/c22-10-1-2-13(24)12(5-10)15-6-11(23)7-30(15)21(32)18-17-19(25-9-26-20(17)29-28-18)27-14-3-4-33-8-16(14)31/h1-2,5,9,11,14-16,31H,3-4,6-8H2,(H2,25,26,27,28,29)/t11-,14+,15+,16+/m0/s1. The van der Waals surface area contributed by atoms with E-state index in [0.717, 1.165) is 0 Å². The molecule has 2 aromatic heterocycles. The Morgan fingerprint density at radius 1 is 1.36 bits per heavy atom. The Hall–Kier alpha value is -2.89. The van der Waals surface area contributed by atoms with E-state index in [0.29, 0.717) is 29.3 Å². The van der Waals surface area contributed by atoms with E-state index in [1.54, 1.807) is 0 Å². The summed E-state index contributed by atoms with van der Waals surface area (Å²) >= 11 is 6.03. The summed E-state index contributed by atoms with van der Waals surface area (Å²) in [5, 5.41) is 20.8. The zero-order valence-electron chi connectivity index (χ0n) is 17.3. The third-order valence-corrected chi connectivity index (χ3v) is 6.28. The Balaban J connectivity index is 1.51. The van der Waals surface area contributed by atoms with Crippen molar-refractivity contribution in [3.8, 4) is 0 Å². The third-order valence-electron chi connectivity index (χ3n) is 6.04. The summed E-state index contributed by atoms with van der Waals surface area (Å²) in [4.78, 5) is 23.1.